The average Bonchev–Trinajstić information content (AvgIpc) is 3.40. The lowest BCUT2D eigenvalue weighted by Gasteiger charge is -2.38. The Morgan fingerprint density at radius 3 is 2.62 bits per heavy atom. The van der Waals surface area contributed by atoms with E-state index in [0.29, 0.717) is 30.1 Å². The number of hydrogen-bond acceptors (Lipinski definition) is 3. The number of carbonyl (C=O) groups excluding carboxylic acids is 1. The van der Waals surface area contributed by atoms with E-state index < -0.39 is 5.97 Å². The highest BCUT2D eigenvalue weighted by Gasteiger charge is 2.54. The van der Waals surface area contributed by atoms with Crippen LogP contribution in [0.25, 0.3) is 11.1 Å². The van der Waals surface area contributed by atoms with Crippen molar-refractivity contribution in [3.05, 3.63) is 53.3 Å². The molecule has 1 amide bonds. The number of piperidine rings is 1. The fraction of sp³-hybridized carbons (Fsp3) is 0.350. The summed E-state index contributed by atoms with van der Waals surface area (Å²) in [4.78, 5) is 30.4. The maximum Gasteiger partial charge on any atom is 0.306 e. The molecule has 0 radical (unpaired) electrons. The minimum atomic E-state index is -0.757. The number of carboxylic acid groups (broad SMARTS) is 1. The Morgan fingerprint density at radius 2 is 2.00 bits per heavy atom. The van der Waals surface area contributed by atoms with Crippen LogP contribution in [0.5, 0.6) is 0 Å². The Balaban J connectivity index is 1.53. The minimum absolute atomic E-state index is 0.107. The SMILES string of the molecule is O=C(O)C1CCN(C(=O)c2ccc(-c3cccc(Cl)c3)cn2)C2(CC2)C1. The molecule has 6 heteroatoms. The van der Waals surface area contributed by atoms with E-state index in [-0.39, 0.29) is 17.4 Å². The predicted octanol–water partition coefficient (Wildman–Crippen LogP) is 3.87. The van der Waals surface area contributed by atoms with Crippen LogP contribution in [-0.2, 0) is 4.79 Å². The van der Waals surface area contributed by atoms with E-state index in [4.69, 9.17) is 11.6 Å². The lowest BCUT2D eigenvalue weighted by atomic mass is 9.88. The summed E-state index contributed by atoms with van der Waals surface area (Å²) in [5.41, 5.74) is 1.97. The van der Waals surface area contributed by atoms with Gasteiger partial charge in [-0.25, -0.2) is 0 Å². The van der Waals surface area contributed by atoms with Crippen molar-refractivity contribution in [3.8, 4) is 11.1 Å². The number of nitrogens with zero attached hydrogens (tertiary/aromatic N) is 2. The minimum Gasteiger partial charge on any atom is -0.481 e. The van der Waals surface area contributed by atoms with Gasteiger partial charge in [-0.1, -0.05) is 29.8 Å². The summed E-state index contributed by atoms with van der Waals surface area (Å²) in [6.45, 7) is 0.480. The molecule has 1 N–H and O–H groups in total. The summed E-state index contributed by atoms with van der Waals surface area (Å²) in [6, 6.07) is 11.1. The first-order valence-corrected chi connectivity index (χ1v) is 9.13. The number of aromatic nitrogens is 1. The molecule has 0 bridgehead atoms. The summed E-state index contributed by atoms with van der Waals surface area (Å²) in [6.07, 6.45) is 4.49. The van der Waals surface area contributed by atoms with E-state index in [1.807, 2.05) is 35.2 Å². The second-order valence-electron chi connectivity index (χ2n) is 7.15. The van der Waals surface area contributed by atoms with Gasteiger partial charge >= 0.3 is 5.97 Å². The van der Waals surface area contributed by atoms with E-state index in [9.17, 15) is 14.7 Å². The second kappa shape index (κ2) is 6.40. The molecule has 26 heavy (non-hydrogen) atoms. The molecule has 5 nitrogen and oxygen atoms in total. The average molecular weight is 371 g/mol. The topological polar surface area (TPSA) is 70.5 Å². The van der Waals surface area contributed by atoms with E-state index in [0.717, 1.165) is 24.0 Å². The fourth-order valence-corrected chi connectivity index (χ4v) is 4.03. The van der Waals surface area contributed by atoms with Gasteiger partial charge in [0, 0.05) is 28.9 Å². The molecule has 2 heterocycles. The summed E-state index contributed by atoms with van der Waals surface area (Å²) < 4.78 is 0. The largest absolute Gasteiger partial charge is 0.481 e. The number of carbonyl (C=O) groups is 2. The first kappa shape index (κ1) is 17.0. The molecule has 2 aromatic rings. The summed E-state index contributed by atoms with van der Waals surface area (Å²) in [5.74, 6) is -1.21. The fourth-order valence-electron chi connectivity index (χ4n) is 3.84. The van der Waals surface area contributed by atoms with Crippen LogP contribution in [0.4, 0.5) is 0 Å². The van der Waals surface area contributed by atoms with Crippen molar-refractivity contribution in [2.45, 2.75) is 31.2 Å². The van der Waals surface area contributed by atoms with Crippen LogP contribution in [0.2, 0.25) is 5.02 Å². The zero-order valence-electron chi connectivity index (χ0n) is 14.2. The van der Waals surface area contributed by atoms with Gasteiger partial charge in [-0.05, 0) is 49.4 Å². The summed E-state index contributed by atoms with van der Waals surface area (Å²) >= 11 is 6.03. The van der Waals surface area contributed by atoms with Gasteiger partial charge in [0.25, 0.3) is 5.91 Å². The number of carboxylic acids is 1. The first-order valence-electron chi connectivity index (χ1n) is 8.75. The molecule has 1 aromatic heterocycles. The molecule has 1 saturated heterocycles. The Bertz CT molecular complexity index is 862. The molecular formula is C20H19ClN2O3. The molecule has 1 spiro atoms. The highest BCUT2D eigenvalue weighted by Crippen LogP contribution is 2.50. The second-order valence-corrected chi connectivity index (χ2v) is 7.59. The zero-order chi connectivity index (χ0) is 18.3. The third-order valence-corrected chi connectivity index (χ3v) is 5.70. The van der Waals surface area contributed by atoms with Crippen molar-refractivity contribution >= 4 is 23.5 Å². The molecule has 2 aliphatic rings. The number of aliphatic carboxylic acids is 1. The molecule has 1 unspecified atom stereocenters. The Hall–Kier alpha value is -2.40. The van der Waals surface area contributed by atoms with Gasteiger partial charge in [-0.2, -0.15) is 0 Å². The molecule has 1 atom stereocenters. The summed E-state index contributed by atoms with van der Waals surface area (Å²) in [7, 11) is 0. The van der Waals surface area contributed by atoms with Crippen LogP contribution in [0.1, 0.15) is 36.2 Å². The van der Waals surface area contributed by atoms with Crippen LogP contribution in [-0.4, -0.2) is 39.0 Å². The molecule has 2 fully saturated rings. The lowest BCUT2D eigenvalue weighted by Crippen LogP contribution is -2.49. The van der Waals surface area contributed by atoms with Gasteiger partial charge in [0.15, 0.2) is 0 Å². The highest BCUT2D eigenvalue weighted by molar-refractivity contribution is 6.30. The van der Waals surface area contributed by atoms with E-state index in [1.165, 1.54) is 0 Å². The van der Waals surface area contributed by atoms with Crippen LogP contribution in [0.3, 0.4) is 0 Å². The molecule has 1 saturated carbocycles. The normalized spacial score (nSPS) is 20.8. The molecule has 4 rings (SSSR count). The van der Waals surface area contributed by atoms with Crippen molar-refractivity contribution in [1.29, 1.82) is 0 Å². The van der Waals surface area contributed by atoms with Crippen LogP contribution in [0, 0.1) is 5.92 Å². The van der Waals surface area contributed by atoms with Crippen molar-refractivity contribution < 1.29 is 14.7 Å². The maximum absolute atomic E-state index is 12.9. The molecule has 134 valence electrons. The van der Waals surface area contributed by atoms with Crippen molar-refractivity contribution in [1.82, 2.24) is 9.88 Å². The summed E-state index contributed by atoms with van der Waals surface area (Å²) in [5, 5.41) is 9.93. The number of benzene rings is 1. The molecular weight excluding hydrogens is 352 g/mol. The third-order valence-electron chi connectivity index (χ3n) is 5.46. The number of hydrogen-bond donors (Lipinski definition) is 1. The van der Waals surface area contributed by atoms with Gasteiger partial charge < -0.3 is 10.0 Å². The molecule has 1 aliphatic heterocycles. The van der Waals surface area contributed by atoms with E-state index in [2.05, 4.69) is 4.98 Å². The molecule has 1 aliphatic carbocycles. The molecule has 1 aromatic carbocycles. The van der Waals surface area contributed by atoms with Crippen molar-refractivity contribution in [2.75, 3.05) is 6.54 Å². The van der Waals surface area contributed by atoms with Gasteiger partial charge in [-0.3, -0.25) is 14.6 Å². The van der Waals surface area contributed by atoms with E-state index >= 15 is 0 Å². The number of halogens is 1. The number of pyridine rings is 1. The monoisotopic (exact) mass is 370 g/mol. The number of amides is 1. The van der Waals surface area contributed by atoms with Gasteiger partial charge in [-0.15, -0.1) is 0 Å². The number of likely N-dealkylation sites (tertiary alicyclic amines) is 1. The van der Waals surface area contributed by atoms with Gasteiger partial charge in [0.05, 0.1) is 5.92 Å². The maximum atomic E-state index is 12.9. The Labute approximate surface area is 156 Å². The smallest absolute Gasteiger partial charge is 0.306 e. The predicted molar refractivity (Wildman–Crippen MR) is 98.0 cm³/mol. The van der Waals surface area contributed by atoms with Crippen LogP contribution in [0.15, 0.2) is 42.6 Å². The van der Waals surface area contributed by atoms with Crippen LogP contribution >= 0.6 is 11.6 Å². The van der Waals surface area contributed by atoms with Crippen molar-refractivity contribution in [3.63, 3.8) is 0 Å². The Morgan fingerprint density at radius 1 is 1.19 bits per heavy atom. The van der Waals surface area contributed by atoms with Gasteiger partial charge in [0.1, 0.15) is 5.69 Å². The zero-order valence-corrected chi connectivity index (χ0v) is 14.9. The Kier molecular flexibility index (Phi) is 4.19. The quantitative estimate of drug-likeness (QED) is 0.890. The number of rotatable bonds is 3. The first-order chi connectivity index (χ1) is 12.5. The van der Waals surface area contributed by atoms with Crippen molar-refractivity contribution in [2.24, 2.45) is 5.92 Å². The van der Waals surface area contributed by atoms with E-state index in [1.54, 1.807) is 12.3 Å². The lowest BCUT2D eigenvalue weighted by molar-refractivity contribution is -0.144. The van der Waals surface area contributed by atoms with Gasteiger partial charge in [0.2, 0.25) is 0 Å². The highest BCUT2D eigenvalue weighted by atomic mass is 35.5. The standard InChI is InChI=1S/C20H19ClN2O3/c21-16-3-1-2-13(10-16)15-4-5-17(22-12-15)18(24)23-9-6-14(19(25)26)11-20(23)7-8-20/h1-5,10,12,14H,6-9,11H2,(H,25,26). The third kappa shape index (κ3) is 3.07. The van der Waals surface area contributed by atoms with Crippen LogP contribution < -0.4 is 0 Å².